The largest absolute Gasteiger partial charge is 0.493 e. The van der Waals surface area contributed by atoms with Crippen molar-refractivity contribution in [3.05, 3.63) is 23.8 Å². The molecule has 0 aliphatic rings. The number of unbranched alkanes of at least 4 members (excludes halogenated alkanes) is 2. The standard InChI is InChI=1S/C16H27NO3/c1-3-11-20-15-8-7-14(12-16(15)19-2)13-17-9-5-4-6-10-18/h7-8,12,17-18H,3-6,9-11,13H2,1-2H3. The van der Waals surface area contributed by atoms with Gasteiger partial charge in [-0.15, -0.1) is 0 Å². The second-order valence-electron chi connectivity index (χ2n) is 4.79. The third-order valence-electron chi connectivity index (χ3n) is 3.03. The molecule has 0 radical (unpaired) electrons. The summed E-state index contributed by atoms with van der Waals surface area (Å²) in [5, 5.41) is 12.1. The zero-order valence-corrected chi connectivity index (χ0v) is 12.7. The molecule has 0 heterocycles. The van der Waals surface area contributed by atoms with E-state index in [1.54, 1.807) is 7.11 Å². The minimum Gasteiger partial charge on any atom is -0.493 e. The minimum absolute atomic E-state index is 0.288. The number of nitrogens with one attached hydrogen (secondary N) is 1. The van der Waals surface area contributed by atoms with Crippen LogP contribution in [-0.2, 0) is 6.54 Å². The second-order valence-corrected chi connectivity index (χ2v) is 4.79. The second kappa shape index (κ2) is 10.5. The van der Waals surface area contributed by atoms with Gasteiger partial charge in [0.05, 0.1) is 13.7 Å². The number of benzene rings is 1. The molecule has 2 N–H and O–H groups in total. The van der Waals surface area contributed by atoms with Gasteiger partial charge in [-0.3, -0.25) is 0 Å². The highest BCUT2D eigenvalue weighted by Crippen LogP contribution is 2.28. The van der Waals surface area contributed by atoms with Gasteiger partial charge in [0.2, 0.25) is 0 Å². The van der Waals surface area contributed by atoms with Gasteiger partial charge >= 0.3 is 0 Å². The molecule has 0 aliphatic carbocycles. The zero-order chi connectivity index (χ0) is 14.6. The zero-order valence-electron chi connectivity index (χ0n) is 12.7. The van der Waals surface area contributed by atoms with E-state index in [-0.39, 0.29) is 6.61 Å². The Labute approximate surface area is 122 Å². The molecular formula is C16H27NO3. The van der Waals surface area contributed by atoms with Gasteiger partial charge in [0.1, 0.15) is 0 Å². The summed E-state index contributed by atoms with van der Waals surface area (Å²) in [6.45, 7) is 4.87. The van der Waals surface area contributed by atoms with Gasteiger partial charge < -0.3 is 19.9 Å². The van der Waals surface area contributed by atoms with Crippen molar-refractivity contribution >= 4 is 0 Å². The van der Waals surface area contributed by atoms with Crippen LogP contribution in [0.4, 0.5) is 0 Å². The number of aliphatic hydroxyl groups is 1. The van der Waals surface area contributed by atoms with E-state index in [1.165, 1.54) is 5.56 Å². The molecule has 0 spiro atoms. The molecule has 1 aromatic carbocycles. The number of methoxy groups -OCH3 is 1. The highest BCUT2D eigenvalue weighted by Gasteiger charge is 2.05. The monoisotopic (exact) mass is 281 g/mol. The first-order valence-electron chi connectivity index (χ1n) is 7.43. The fourth-order valence-corrected chi connectivity index (χ4v) is 1.92. The molecule has 4 nitrogen and oxygen atoms in total. The molecule has 4 heteroatoms. The predicted octanol–water partition coefficient (Wildman–Crippen LogP) is 2.74. The van der Waals surface area contributed by atoms with Gasteiger partial charge in [-0.2, -0.15) is 0 Å². The smallest absolute Gasteiger partial charge is 0.161 e. The van der Waals surface area contributed by atoms with Gasteiger partial charge in [0, 0.05) is 13.2 Å². The Morgan fingerprint density at radius 3 is 2.70 bits per heavy atom. The maximum atomic E-state index is 8.70. The molecule has 0 aliphatic heterocycles. The molecule has 20 heavy (non-hydrogen) atoms. The van der Waals surface area contributed by atoms with E-state index in [4.69, 9.17) is 14.6 Å². The van der Waals surface area contributed by atoms with E-state index in [1.807, 2.05) is 12.1 Å². The average molecular weight is 281 g/mol. The van der Waals surface area contributed by atoms with Crippen LogP contribution in [0.15, 0.2) is 18.2 Å². The third-order valence-corrected chi connectivity index (χ3v) is 3.03. The summed E-state index contributed by atoms with van der Waals surface area (Å²) in [5.41, 5.74) is 1.19. The van der Waals surface area contributed by atoms with Crippen molar-refractivity contribution in [3.8, 4) is 11.5 Å². The summed E-state index contributed by atoms with van der Waals surface area (Å²) >= 11 is 0. The number of ether oxygens (including phenoxy) is 2. The van der Waals surface area contributed by atoms with Crippen LogP contribution in [0.3, 0.4) is 0 Å². The number of hydrogen-bond donors (Lipinski definition) is 2. The van der Waals surface area contributed by atoms with Crippen molar-refractivity contribution < 1.29 is 14.6 Å². The van der Waals surface area contributed by atoms with E-state index >= 15 is 0 Å². The first-order valence-corrected chi connectivity index (χ1v) is 7.43. The lowest BCUT2D eigenvalue weighted by Gasteiger charge is -2.12. The lowest BCUT2D eigenvalue weighted by molar-refractivity contribution is 0.283. The van der Waals surface area contributed by atoms with Crippen LogP contribution in [0, 0.1) is 0 Å². The first-order chi connectivity index (χ1) is 9.81. The van der Waals surface area contributed by atoms with Gasteiger partial charge in [-0.25, -0.2) is 0 Å². The topological polar surface area (TPSA) is 50.7 Å². The minimum atomic E-state index is 0.288. The quantitative estimate of drug-likeness (QED) is 0.612. The lowest BCUT2D eigenvalue weighted by Crippen LogP contribution is -2.14. The SMILES string of the molecule is CCCOc1ccc(CNCCCCCO)cc1OC. The molecular weight excluding hydrogens is 254 g/mol. The molecule has 0 atom stereocenters. The van der Waals surface area contributed by atoms with Crippen molar-refractivity contribution in [3.63, 3.8) is 0 Å². The molecule has 0 aromatic heterocycles. The normalized spacial score (nSPS) is 10.6. The van der Waals surface area contributed by atoms with Crippen molar-refractivity contribution in [2.24, 2.45) is 0 Å². The van der Waals surface area contributed by atoms with E-state index in [2.05, 4.69) is 18.3 Å². The fraction of sp³-hybridized carbons (Fsp3) is 0.625. The Balaban J connectivity index is 2.38. The number of aliphatic hydroxyl groups excluding tert-OH is 1. The fourth-order valence-electron chi connectivity index (χ4n) is 1.92. The molecule has 0 amide bonds. The first kappa shape index (κ1) is 16.8. The van der Waals surface area contributed by atoms with Gasteiger partial charge in [0.25, 0.3) is 0 Å². The van der Waals surface area contributed by atoms with Crippen LogP contribution in [-0.4, -0.2) is 32.0 Å². The van der Waals surface area contributed by atoms with Gasteiger partial charge in [-0.1, -0.05) is 13.0 Å². The molecule has 1 rings (SSSR count). The molecule has 0 saturated carbocycles. The maximum Gasteiger partial charge on any atom is 0.161 e. The maximum absolute atomic E-state index is 8.70. The van der Waals surface area contributed by atoms with Gasteiger partial charge in [-0.05, 0) is 49.9 Å². The van der Waals surface area contributed by atoms with Gasteiger partial charge in [0.15, 0.2) is 11.5 Å². The Bertz CT molecular complexity index is 369. The van der Waals surface area contributed by atoms with Crippen molar-refractivity contribution in [1.29, 1.82) is 0 Å². The van der Waals surface area contributed by atoms with Crippen LogP contribution < -0.4 is 14.8 Å². The Hall–Kier alpha value is -1.26. The summed E-state index contributed by atoms with van der Waals surface area (Å²) in [6.07, 6.45) is 4.03. The number of hydrogen-bond acceptors (Lipinski definition) is 4. The molecule has 1 aromatic rings. The number of rotatable bonds is 11. The molecule has 0 fully saturated rings. The van der Waals surface area contributed by atoms with E-state index < -0.39 is 0 Å². The molecule has 0 bridgehead atoms. The average Bonchev–Trinajstić information content (AvgIpc) is 2.49. The molecule has 0 unspecified atom stereocenters. The van der Waals surface area contributed by atoms with Crippen LogP contribution >= 0.6 is 0 Å². The van der Waals surface area contributed by atoms with Crippen molar-refractivity contribution in [1.82, 2.24) is 5.32 Å². The molecule has 114 valence electrons. The summed E-state index contributed by atoms with van der Waals surface area (Å²) in [6, 6.07) is 6.05. The van der Waals surface area contributed by atoms with E-state index in [0.29, 0.717) is 6.61 Å². The Kier molecular flexibility index (Phi) is 8.83. The van der Waals surface area contributed by atoms with E-state index in [9.17, 15) is 0 Å². The van der Waals surface area contributed by atoms with Crippen LogP contribution in [0.25, 0.3) is 0 Å². The highest BCUT2D eigenvalue weighted by molar-refractivity contribution is 5.42. The third kappa shape index (κ3) is 6.26. The van der Waals surface area contributed by atoms with Crippen molar-refractivity contribution in [2.45, 2.75) is 39.2 Å². The summed E-state index contributed by atoms with van der Waals surface area (Å²) in [7, 11) is 1.67. The Morgan fingerprint density at radius 1 is 1.15 bits per heavy atom. The van der Waals surface area contributed by atoms with Crippen molar-refractivity contribution in [2.75, 3.05) is 26.9 Å². The Morgan fingerprint density at radius 2 is 2.00 bits per heavy atom. The summed E-state index contributed by atoms with van der Waals surface area (Å²) in [5.74, 6) is 1.60. The molecule has 0 saturated heterocycles. The van der Waals surface area contributed by atoms with Crippen LogP contribution in [0.1, 0.15) is 38.2 Å². The predicted molar refractivity (Wildman–Crippen MR) is 81.4 cm³/mol. The summed E-state index contributed by atoms with van der Waals surface area (Å²) < 4.78 is 11.0. The van der Waals surface area contributed by atoms with Crippen LogP contribution in [0.2, 0.25) is 0 Å². The lowest BCUT2D eigenvalue weighted by atomic mass is 10.2. The van der Waals surface area contributed by atoms with E-state index in [0.717, 1.165) is 50.3 Å². The highest BCUT2D eigenvalue weighted by atomic mass is 16.5. The van der Waals surface area contributed by atoms with Crippen LogP contribution in [0.5, 0.6) is 11.5 Å². The summed E-state index contributed by atoms with van der Waals surface area (Å²) in [4.78, 5) is 0.